The zero-order chi connectivity index (χ0) is 26.2. The molecule has 3 aromatic carbocycles. The number of carbonyl (C=O) groups is 3. The van der Waals surface area contributed by atoms with Gasteiger partial charge < -0.3 is 9.47 Å². The first kappa shape index (κ1) is 25.2. The summed E-state index contributed by atoms with van der Waals surface area (Å²) in [6.07, 6.45) is 0.0415. The Morgan fingerprint density at radius 1 is 0.889 bits per heavy atom. The van der Waals surface area contributed by atoms with Crippen LogP contribution in [0.1, 0.15) is 75.2 Å². The Morgan fingerprint density at radius 2 is 1.44 bits per heavy atom. The molecule has 1 N–H and O–H groups in total. The molecule has 0 fully saturated rings. The van der Waals surface area contributed by atoms with Crippen molar-refractivity contribution in [3.63, 3.8) is 0 Å². The first-order valence-corrected chi connectivity index (χ1v) is 12.0. The van der Waals surface area contributed by atoms with Gasteiger partial charge in [-0.2, -0.15) is 0 Å². The highest BCUT2D eigenvalue weighted by Gasteiger charge is 2.30. The number of nitrogens with one attached hydrogen (secondary N) is 1. The van der Waals surface area contributed by atoms with E-state index in [0.717, 1.165) is 22.3 Å². The number of ether oxygens (including phenoxy) is 2. The lowest BCUT2D eigenvalue weighted by atomic mass is 9.91. The van der Waals surface area contributed by atoms with Crippen LogP contribution in [0.3, 0.4) is 0 Å². The molecule has 0 aliphatic heterocycles. The molecular weight excluding hydrogens is 454 g/mol. The van der Waals surface area contributed by atoms with Crippen molar-refractivity contribution in [2.45, 2.75) is 53.1 Å². The number of amides is 1. The highest BCUT2D eigenvalue weighted by Crippen LogP contribution is 2.44. The number of anilines is 1. The second-order valence-corrected chi connectivity index (χ2v) is 10.1. The summed E-state index contributed by atoms with van der Waals surface area (Å²) in [6.45, 7) is 10.7. The SMILES string of the molecule is Cc1c(C=O)c(C)c(C(=O)OC(C)(C)C)c(C)c1NC(=O)OCC1c2ccccc2-c2ccccc21. The van der Waals surface area contributed by atoms with Crippen molar-refractivity contribution >= 4 is 24.0 Å². The predicted octanol–water partition coefficient (Wildman–Crippen LogP) is 6.74. The average molecular weight is 486 g/mol. The minimum absolute atomic E-state index is 0.0776. The Labute approximate surface area is 211 Å². The second-order valence-electron chi connectivity index (χ2n) is 10.1. The molecule has 3 aromatic rings. The maximum atomic E-state index is 13.0. The number of rotatable bonds is 5. The molecule has 1 aliphatic rings. The average Bonchev–Trinajstić information content (AvgIpc) is 3.13. The van der Waals surface area contributed by atoms with E-state index in [1.165, 1.54) is 0 Å². The van der Waals surface area contributed by atoms with Gasteiger partial charge >= 0.3 is 12.1 Å². The van der Waals surface area contributed by atoms with Gasteiger partial charge in [0.25, 0.3) is 0 Å². The van der Waals surface area contributed by atoms with E-state index < -0.39 is 17.7 Å². The first-order valence-electron chi connectivity index (χ1n) is 12.0. The largest absolute Gasteiger partial charge is 0.456 e. The Kier molecular flexibility index (Phi) is 6.72. The van der Waals surface area contributed by atoms with E-state index >= 15 is 0 Å². The van der Waals surface area contributed by atoms with Crippen LogP contribution in [-0.4, -0.2) is 30.6 Å². The fourth-order valence-corrected chi connectivity index (χ4v) is 4.97. The summed E-state index contributed by atoms with van der Waals surface area (Å²) in [7, 11) is 0. The molecule has 6 heteroatoms. The highest BCUT2D eigenvalue weighted by atomic mass is 16.6. The van der Waals surface area contributed by atoms with Gasteiger partial charge in [-0.25, -0.2) is 9.59 Å². The van der Waals surface area contributed by atoms with Crippen LogP contribution < -0.4 is 5.32 Å². The van der Waals surface area contributed by atoms with Crippen molar-refractivity contribution < 1.29 is 23.9 Å². The summed E-state index contributed by atoms with van der Waals surface area (Å²) in [6, 6.07) is 16.2. The fourth-order valence-electron chi connectivity index (χ4n) is 4.97. The van der Waals surface area contributed by atoms with Crippen LogP contribution in [0.25, 0.3) is 11.1 Å². The third-order valence-electron chi connectivity index (χ3n) is 6.60. The van der Waals surface area contributed by atoms with Crippen LogP contribution in [0.15, 0.2) is 48.5 Å². The number of benzene rings is 3. The van der Waals surface area contributed by atoms with E-state index in [1.54, 1.807) is 41.5 Å². The lowest BCUT2D eigenvalue weighted by molar-refractivity contribution is 0.00678. The van der Waals surface area contributed by atoms with Gasteiger partial charge in [0.1, 0.15) is 12.2 Å². The molecule has 0 aromatic heterocycles. The van der Waals surface area contributed by atoms with Gasteiger partial charge in [0, 0.05) is 11.5 Å². The second kappa shape index (κ2) is 9.61. The number of fused-ring (bicyclic) bond motifs is 3. The lowest BCUT2D eigenvalue weighted by Crippen LogP contribution is -2.26. The Balaban J connectivity index is 1.60. The molecule has 1 aliphatic carbocycles. The third kappa shape index (κ3) is 4.63. The van der Waals surface area contributed by atoms with E-state index in [1.807, 2.05) is 24.3 Å². The van der Waals surface area contributed by atoms with E-state index in [9.17, 15) is 14.4 Å². The van der Waals surface area contributed by atoms with Gasteiger partial charge in [0.2, 0.25) is 0 Å². The van der Waals surface area contributed by atoms with Gasteiger partial charge in [0.05, 0.1) is 11.3 Å². The molecule has 0 saturated heterocycles. The normalized spacial score (nSPS) is 12.5. The summed E-state index contributed by atoms with van der Waals surface area (Å²) in [5, 5.41) is 2.78. The number of hydrogen-bond donors (Lipinski definition) is 1. The van der Waals surface area contributed by atoms with Gasteiger partial charge in [-0.3, -0.25) is 10.1 Å². The highest BCUT2D eigenvalue weighted by molar-refractivity contribution is 6.01. The molecule has 186 valence electrons. The monoisotopic (exact) mass is 485 g/mol. The Bertz CT molecular complexity index is 1320. The van der Waals surface area contributed by atoms with Crippen molar-refractivity contribution in [1.82, 2.24) is 0 Å². The van der Waals surface area contributed by atoms with E-state index in [-0.39, 0.29) is 18.1 Å². The molecule has 0 saturated carbocycles. The lowest BCUT2D eigenvalue weighted by Gasteiger charge is -2.24. The van der Waals surface area contributed by atoms with Crippen LogP contribution in [-0.2, 0) is 9.47 Å². The third-order valence-corrected chi connectivity index (χ3v) is 6.60. The van der Waals surface area contributed by atoms with Crippen LogP contribution in [0.2, 0.25) is 0 Å². The zero-order valence-corrected chi connectivity index (χ0v) is 21.5. The maximum Gasteiger partial charge on any atom is 0.411 e. The van der Waals surface area contributed by atoms with Crippen LogP contribution in [0.5, 0.6) is 0 Å². The topological polar surface area (TPSA) is 81.7 Å². The summed E-state index contributed by atoms with van der Waals surface area (Å²) in [5.41, 5.74) is 6.42. The molecule has 0 bridgehead atoms. The minimum atomic E-state index is -0.706. The van der Waals surface area contributed by atoms with Gasteiger partial charge in [0.15, 0.2) is 6.29 Å². The van der Waals surface area contributed by atoms with Crippen LogP contribution in [0, 0.1) is 20.8 Å². The van der Waals surface area contributed by atoms with E-state index in [0.29, 0.717) is 34.2 Å². The molecule has 6 nitrogen and oxygen atoms in total. The number of carbonyl (C=O) groups excluding carboxylic acids is 3. The quantitative estimate of drug-likeness (QED) is 0.320. The maximum absolute atomic E-state index is 13.0. The predicted molar refractivity (Wildman–Crippen MR) is 140 cm³/mol. The number of esters is 1. The standard InChI is InChI=1S/C30H31NO5/c1-17-24(15-32)18(2)27(19(3)26(17)28(33)36-30(4,5)6)31-29(34)35-16-25-22-13-9-7-11-20(22)21-12-8-10-14-23(21)25/h7-15,25H,16H2,1-6H3,(H,31,34). The van der Waals surface area contributed by atoms with Crippen molar-refractivity contribution in [3.8, 4) is 11.1 Å². The van der Waals surface area contributed by atoms with Crippen molar-refractivity contribution in [2.75, 3.05) is 11.9 Å². The fraction of sp³-hybridized carbons (Fsp3) is 0.300. The molecule has 0 spiro atoms. The number of aldehydes is 1. The first-order chi connectivity index (χ1) is 17.0. The molecule has 0 unspecified atom stereocenters. The van der Waals surface area contributed by atoms with Crippen LogP contribution in [0.4, 0.5) is 10.5 Å². The molecule has 1 amide bonds. The summed E-state index contributed by atoms with van der Waals surface area (Å²) in [5.74, 6) is -0.623. The van der Waals surface area contributed by atoms with Crippen LogP contribution >= 0.6 is 0 Å². The van der Waals surface area contributed by atoms with Gasteiger partial charge in [-0.05, 0) is 80.5 Å². The Morgan fingerprint density at radius 3 is 1.97 bits per heavy atom. The Hall–Kier alpha value is -3.93. The summed E-state index contributed by atoms with van der Waals surface area (Å²) in [4.78, 5) is 37.8. The van der Waals surface area contributed by atoms with Gasteiger partial charge in [-0.1, -0.05) is 48.5 Å². The molecule has 0 heterocycles. The zero-order valence-electron chi connectivity index (χ0n) is 21.5. The summed E-state index contributed by atoms with van der Waals surface area (Å²) < 4.78 is 11.3. The van der Waals surface area contributed by atoms with Crippen molar-refractivity contribution in [3.05, 3.63) is 87.5 Å². The van der Waals surface area contributed by atoms with Gasteiger partial charge in [-0.15, -0.1) is 0 Å². The molecular formula is C30H31NO5. The smallest absolute Gasteiger partial charge is 0.411 e. The molecule has 0 radical (unpaired) electrons. The molecule has 4 rings (SSSR count). The number of hydrogen-bond acceptors (Lipinski definition) is 5. The molecule has 36 heavy (non-hydrogen) atoms. The summed E-state index contributed by atoms with van der Waals surface area (Å²) >= 11 is 0. The molecule has 0 atom stereocenters. The van der Waals surface area contributed by atoms with Crippen molar-refractivity contribution in [2.24, 2.45) is 0 Å². The van der Waals surface area contributed by atoms with E-state index in [4.69, 9.17) is 9.47 Å². The van der Waals surface area contributed by atoms with Crippen molar-refractivity contribution in [1.29, 1.82) is 0 Å². The minimum Gasteiger partial charge on any atom is -0.456 e. The van der Waals surface area contributed by atoms with E-state index in [2.05, 4.69) is 29.6 Å².